The van der Waals surface area contributed by atoms with Crippen LogP contribution in [0.15, 0.2) is 0 Å². The van der Waals surface area contributed by atoms with E-state index in [-0.39, 0.29) is 28.6 Å². The summed E-state index contributed by atoms with van der Waals surface area (Å²) in [5, 5.41) is 11.1. The first kappa shape index (κ1) is 16.8. The summed E-state index contributed by atoms with van der Waals surface area (Å²) in [7, 11) is 0. The van der Waals surface area contributed by atoms with E-state index in [1.165, 1.54) is 6.42 Å². The molecule has 4 fully saturated rings. The molecule has 8 atom stereocenters. The molecule has 0 aromatic carbocycles. The molecular weight excluding hydrogens is 300 g/mol. The van der Waals surface area contributed by atoms with Gasteiger partial charge in [-0.15, -0.1) is 0 Å². The van der Waals surface area contributed by atoms with Crippen molar-refractivity contribution in [2.75, 3.05) is 0 Å². The number of Topliss-reactive ketones (excluding diaryl/α,β-unsaturated/α-hetero) is 2. The van der Waals surface area contributed by atoms with Crippen molar-refractivity contribution in [2.45, 2.75) is 78.2 Å². The summed E-state index contributed by atoms with van der Waals surface area (Å²) in [5.74, 6) is 2.91. The van der Waals surface area contributed by atoms with Gasteiger partial charge in [0.05, 0.1) is 6.10 Å². The number of ketones is 2. The molecule has 0 aromatic heterocycles. The molecule has 1 N–H and O–H groups in total. The lowest BCUT2D eigenvalue weighted by Gasteiger charge is -2.61. The second kappa shape index (κ2) is 5.40. The Balaban J connectivity index is 1.67. The highest BCUT2D eigenvalue weighted by Gasteiger charge is 2.63. The van der Waals surface area contributed by atoms with E-state index in [1.807, 2.05) is 0 Å². The molecule has 4 saturated carbocycles. The van der Waals surface area contributed by atoms with Gasteiger partial charge in [-0.2, -0.15) is 0 Å². The SMILES string of the molecule is CC(=O)C1CCC2C3CCC4CC(=O)CCC4(C)C3C[C@H](O)C12C. The van der Waals surface area contributed by atoms with Crippen molar-refractivity contribution in [2.24, 2.45) is 40.4 Å². The molecule has 3 nitrogen and oxygen atoms in total. The zero-order valence-electron chi connectivity index (χ0n) is 15.4. The van der Waals surface area contributed by atoms with Gasteiger partial charge in [0, 0.05) is 24.2 Å². The summed E-state index contributed by atoms with van der Waals surface area (Å²) in [5.41, 5.74) is -0.00582. The highest BCUT2D eigenvalue weighted by Crippen LogP contribution is 2.67. The average molecular weight is 332 g/mol. The Morgan fingerprint density at radius 1 is 1.12 bits per heavy atom. The number of fused-ring (bicyclic) bond motifs is 5. The van der Waals surface area contributed by atoms with E-state index in [0.29, 0.717) is 29.5 Å². The number of carbonyl (C=O) groups is 2. The molecule has 0 bridgehead atoms. The van der Waals surface area contributed by atoms with Gasteiger partial charge >= 0.3 is 0 Å². The molecule has 3 heteroatoms. The van der Waals surface area contributed by atoms with Crippen LogP contribution in [0.3, 0.4) is 0 Å². The predicted molar refractivity (Wildman–Crippen MR) is 92.3 cm³/mol. The number of carbonyl (C=O) groups excluding carboxylic acids is 2. The fourth-order valence-corrected chi connectivity index (χ4v) is 7.67. The van der Waals surface area contributed by atoms with E-state index in [4.69, 9.17) is 0 Å². The molecule has 24 heavy (non-hydrogen) atoms. The Bertz CT molecular complexity index is 569. The fraction of sp³-hybridized carbons (Fsp3) is 0.905. The van der Waals surface area contributed by atoms with Crippen LogP contribution in [0.2, 0.25) is 0 Å². The molecule has 0 saturated heterocycles. The fourth-order valence-electron chi connectivity index (χ4n) is 7.67. The molecule has 0 amide bonds. The summed E-state index contributed by atoms with van der Waals surface area (Å²) >= 11 is 0. The zero-order valence-corrected chi connectivity index (χ0v) is 15.4. The van der Waals surface area contributed by atoms with Crippen LogP contribution in [0.1, 0.15) is 72.1 Å². The molecule has 134 valence electrons. The van der Waals surface area contributed by atoms with Gasteiger partial charge in [-0.3, -0.25) is 9.59 Å². The van der Waals surface area contributed by atoms with E-state index in [2.05, 4.69) is 13.8 Å². The van der Waals surface area contributed by atoms with Crippen LogP contribution in [-0.2, 0) is 9.59 Å². The van der Waals surface area contributed by atoms with Crippen molar-refractivity contribution in [3.05, 3.63) is 0 Å². The number of aliphatic hydroxyl groups is 1. The van der Waals surface area contributed by atoms with Crippen molar-refractivity contribution in [1.29, 1.82) is 0 Å². The van der Waals surface area contributed by atoms with Crippen LogP contribution < -0.4 is 0 Å². The normalized spacial score (nSPS) is 53.9. The van der Waals surface area contributed by atoms with Crippen molar-refractivity contribution in [3.63, 3.8) is 0 Å². The van der Waals surface area contributed by atoms with E-state index >= 15 is 0 Å². The smallest absolute Gasteiger partial charge is 0.133 e. The Hall–Kier alpha value is -0.700. The van der Waals surface area contributed by atoms with Crippen LogP contribution >= 0.6 is 0 Å². The van der Waals surface area contributed by atoms with Gasteiger partial charge in [0.15, 0.2) is 0 Å². The Morgan fingerprint density at radius 2 is 1.88 bits per heavy atom. The Kier molecular flexibility index (Phi) is 3.77. The third kappa shape index (κ3) is 2.06. The van der Waals surface area contributed by atoms with Gasteiger partial charge in [-0.25, -0.2) is 0 Å². The number of aliphatic hydroxyl groups excluding tert-OH is 1. The number of rotatable bonds is 1. The van der Waals surface area contributed by atoms with E-state index < -0.39 is 0 Å². The minimum absolute atomic E-state index is 0.0388. The quantitative estimate of drug-likeness (QED) is 0.795. The van der Waals surface area contributed by atoms with Crippen molar-refractivity contribution in [1.82, 2.24) is 0 Å². The number of hydrogen-bond acceptors (Lipinski definition) is 3. The lowest BCUT2D eigenvalue weighted by molar-refractivity contribution is -0.170. The van der Waals surface area contributed by atoms with E-state index in [1.54, 1.807) is 6.92 Å². The van der Waals surface area contributed by atoms with E-state index in [0.717, 1.165) is 44.9 Å². The monoisotopic (exact) mass is 332 g/mol. The minimum Gasteiger partial charge on any atom is -0.393 e. The van der Waals surface area contributed by atoms with Gasteiger partial charge < -0.3 is 5.11 Å². The molecule has 4 aliphatic carbocycles. The predicted octanol–water partition coefficient (Wildman–Crippen LogP) is 3.77. The summed E-state index contributed by atoms with van der Waals surface area (Å²) in [6.07, 6.45) is 7.36. The highest BCUT2D eigenvalue weighted by atomic mass is 16.3. The van der Waals surface area contributed by atoms with E-state index in [9.17, 15) is 14.7 Å². The molecule has 7 unspecified atom stereocenters. The van der Waals surface area contributed by atoms with Crippen LogP contribution in [0, 0.1) is 40.4 Å². The molecule has 0 radical (unpaired) electrons. The topological polar surface area (TPSA) is 54.4 Å². The van der Waals surface area contributed by atoms with Gasteiger partial charge in [-0.1, -0.05) is 13.8 Å². The maximum absolute atomic E-state index is 12.2. The molecule has 4 rings (SSSR count). The van der Waals surface area contributed by atoms with Gasteiger partial charge in [0.25, 0.3) is 0 Å². The van der Waals surface area contributed by atoms with Crippen LogP contribution in [0.4, 0.5) is 0 Å². The summed E-state index contributed by atoms with van der Waals surface area (Å²) in [4.78, 5) is 24.1. The van der Waals surface area contributed by atoms with Gasteiger partial charge in [-0.05, 0) is 74.5 Å². The molecule has 0 aromatic rings. The Morgan fingerprint density at radius 3 is 2.58 bits per heavy atom. The second-order valence-electron chi connectivity index (χ2n) is 9.76. The largest absolute Gasteiger partial charge is 0.393 e. The van der Waals surface area contributed by atoms with Gasteiger partial charge in [0.2, 0.25) is 0 Å². The Labute approximate surface area is 145 Å². The molecule has 4 aliphatic rings. The zero-order chi connectivity index (χ0) is 17.3. The lowest BCUT2D eigenvalue weighted by Crippen LogP contribution is -2.58. The maximum Gasteiger partial charge on any atom is 0.133 e. The molecule has 0 spiro atoms. The first-order valence-corrected chi connectivity index (χ1v) is 9.98. The average Bonchev–Trinajstić information content (AvgIpc) is 2.88. The minimum atomic E-state index is -0.367. The van der Waals surface area contributed by atoms with Crippen LogP contribution in [0.25, 0.3) is 0 Å². The lowest BCUT2D eigenvalue weighted by atomic mass is 9.44. The summed E-state index contributed by atoms with van der Waals surface area (Å²) in [6, 6.07) is 0. The third-order valence-corrected chi connectivity index (χ3v) is 9.08. The van der Waals surface area contributed by atoms with Gasteiger partial charge in [0.1, 0.15) is 11.6 Å². The first-order chi connectivity index (χ1) is 11.3. The van der Waals surface area contributed by atoms with Crippen LogP contribution in [0.5, 0.6) is 0 Å². The van der Waals surface area contributed by atoms with Crippen molar-refractivity contribution >= 4 is 11.6 Å². The second-order valence-corrected chi connectivity index (χ2v) is 9.76. The standard InChI is InChI=1S/C21H32O3/c1-12(22)16-6-7-17-15-5-4-13-10-14(23)8-9-20(13,2)18(15)11-19(24)21(16,17)3/h13,15-19,24H,4-11H2,1-3H3/t13?,15?,16?,17?,18?,19-,20?,21?/m0/s1. The van der Waals surface area contributed by atoms with Crippen molar-refractivity contribution in [3.8, 4) is 0 Å². The maximum atomic E-state index is 12.2. The molecule has 0 aliphatic heterocycles. The summed E-state index contributed by atoms with van der Waals surface area (Å²) in [6.45, 7) is 6.30. The third-order valence-electron chi connectivity index (χ3n) is 9.08. The number of hydrogen-bond donors (Lipinski definition) is 1. The first-order valence-electron chi connectivity index (χ1n) is 9.98. The summed E-state index contributed by atoms with van der Waals surface area (Å²) < 4.78 is 0. The van der Waals surface area contributed by atoms with Crippen molar-refractivity contribution < 1.29 is 14.7 Å². The molecular formula is C21H32O3. The molecule has 0 heterocycles. The highest BCUT2D eigenvalue weighted by molar-refractivity contribution is 5.80. The van der Waals surface area contributed by atoms with Crippen LogP contribution in [-0.4, -0.2) is 22.8 Å².